The normalized spacial score (nSPS) is 14.2. The van der Waals surface area contributed by atoms with Gasteiger partial charge in [0.05, 0.1) is 32.7 Å². The molecule has 0 fully saturated rings. The van der Waals surface area contributed by atoms with Crippen LogP contribution in [0.5, 0.6) is 0 Å². The first-order chi connectivity index (χ1) is 35.2. The maximum atomic E-state index is 14.4. The predicted octanol–water partition coefficient (Wildman–Crippen LogP) is -5.56. The highest BCUT2D eigenvalue weighted by Crippen LogP contribution is 2.10. The Labute approximate surface area is 426 Å². The van der Waals surface area contributed by atoms with E-state index in [0.717, 1.165) is 0 Å². The van der Waals surface area contributed by atoms with Gasteiger partial charge in [-0.15, -0.1) is 0 Å². The Morgan fingerprint density at radius 2 is 1.05 bits per heavy atom. The van der Waals surface area contributed by atoms with Crippen LogP contribution in [0.15, 0.2) is 78.2 Å². The summed E-state index contributed by atoms with van der Waals surface area (Å²) in [6, 6.07) is 5.42. The number of aliphatic imine (C=N–C) groups is 1. The Morgan fingerprint density at radius 3 is 1.53 bits per heavy atom. The predicted molar refractivity (Wildman–Crippen MR) is 265 cm³/mol. The molecule has 74 heavy (non-hydrogen) atoms. The molecule has 2 aromatic carbocycles. The van der Waals surface area contributed by atoms with E-state index in [1.54, 1.807) is 74.5 Å². The fraction of sp³-hybridized carbons (Fsp3) is 0.468. The van der Waals surface area contributed by atoms with Gasteiger partial charge in [0.2, 0.25) is 47.3 Å². The van der Waals surface area contributed by atoms with E-state index in [1.165, 1.54) is 12.5 Å². The summed E-state index contributed by atoms with van der Waals surface area (Å²) < 4.78 is 0. The van der Waals surface area contributed by atoms with Crippen molar-refractivity contribution >= 4 is 59.2 Å². The summed E-state index contributed by atoms with van der Waals surface area (Å²) in [6.07, 6.45) is 2.34. The average Bonchev–Trinajstić information content (AvgIpc) is 3.89. The fourth-order valence-electron chi connectivity index (χ4n) is 7.06. The molecule has 1 heterocycles. The van der Waals surface area contributed by atoms with Gasteiger partial charge in [0, 0.05) is 37.7 Å². The van der Waals surface area contributed by atoms with E-state index < -0.39 is 128 Å². The molecule has 0 aliphatic carbocycles. The Hall–Kier alpha value is -8.01. The molecule has 27 heteroatoms. The maximum Gasteiger partial charge on any atom is 0.326 e. The van der Waals surface area contributed by atoms with Crippen molar-refractivity contribution in [1.82, 2.24) is 52.5 Å². The molecule has 1 aromatic heterocycles. The number of H-pyrrole nitrogens is 1. The lowest BCUT2D eigenvalue weighted by atomic mass is 10.0. The second kappa shape index (κ2) is 31.4. The largest absolute Gasteiger partial charge is 0.480 e. The third kappa shape index (κ3) is 21.4. The maximum absolute atomic E-state index is 14.4. The number of aromatic amines is 1. The zero-order valence-corrected chi connectivity index (χ0v) is 41.0. The number of nitrogens with two attached hydrogens (primary N) is 3. The zero-order valence-electron chi connectivity index (χ0n) is 41.0. The number of imidazole rings is 1. The van der Waals surface area contributed by atoms with Crippen LogP contribution >= 0.6 is 0 Å². The molecule has 0 aliphatic heterocycles. The van der Waals surface area contributed by atoms with Gasteiger partial charge in [-0.3, -0.25) is 43.3 Å². The Kier molecular flexibility index (Phi) is 25.6. The monoisotopic (exact) mass is 1040 g/mol. The highest BCUT2D eigenvalue weighted by Gasteiger charge is 2.34. The Bertz CT molecular complexity index is 2340. The van der Waals surface area contributed by atoms with Crippen molar-refractivity contribution in [3.63, 3.8) is 0 Å². The van der Waals surface area contributed by atoms with Crippen LogP contribution in [0.25, 0.3) is 0 Å². The number of hydrogen-bond donors (Lipinski definition) is 16. The van der Waals surface area contributed by atoms with E-state index in [9.17, 15) is 63.6 Å². The number of rotatable bonds is 32. The number of hydrogen-bond acceptors (Lipinski definition) is 15. The van der Waals surface area contributed by atoms with Crippen LogP contribution in [0.3, 0.4) is 0 Å². The van der Waals surface area contributed by atoms with Crippen molar-refractivity contribution in [2.75, 3.05) is 32.9 Å². The van der Waals surface area contributed by atoms with Crippen molar-refractivity contribution < 1.29 is 63.6 Å². The van der Waals surface area contributed by atoms with Gasteiger partial charge >= 0.3 is 5.97 Å². The quantitative estimate of drug-likeness (QED) is 0.0158. The molecule has 3 aromatic rings. The van der Waals surface area contributed by atoms with E-state index >= 15 is 0 Å². The molecular weight excluding hydrogens is 969 g/mol. The van der Waals surface area contributed by atoms with Crippen molar-refractivity contribution in [3.8, 4) is 0 Å². The number of aromatic nitrogens is 2. The van der Waals surface area contributed by atoms with E-state index in [-0.39, 0.29) is 56.9 Å². The lowest BCUT2D eigenvalue weighted by Gasteiger charge is -2.27. The summed E-state index contributed by atoms with van der Waals surface area (Å²) in [5.41, 5.74) is 18.3. The Morgan fingerprint density at radius 1 is 0.595 bits per heavy atom. The van der Waals surface area contributed by atoms with E-state index in [4.69, 9.17) is 17.2 Å². The first-order valence-corrected chi connectivity index (χ1v) is 23.6. The van der Waals surface area contributed by atoms with Gasteiger partial charge in [0.1, 0.15) is 48.3 Å². The number of guanidine groups is 1. The highest BCUT2D eigenvalue weighted by molar-refractivity contribution is 5.98. The number of carboxylic acid groups (broad SMARTS) is 1. The standard InChI is InChI=1S/C47H68N14O13/c1-26(2)16-35(46(73)74)60-45(72)37(24-64)55-38(65)21-53-40(67)36(23-63)61-41(68)31(14-9-15-52-47(49)50)56-42(69)33(18-28-12-7-4-8-13-28)58-44(71)34(19-29-20-51-25-54-29)59-43(70)32(57-39(66)30(48)22-62)17-27-10-5-3-6-11-27/h3-8,10-13,20,25-26,30-37,62-64H,9,14-19,21-24,48H2,1-2H3,(H,51,54)(H,53,67)(H,55,65)(H,56,69)(H,57,66)(H,58,71)(H,59,70)(H,60,72)(H,61,68)(H,73,74)(H4,49,50,52)/t30-,31-,32-,33-,34-,35-,36-,37-/m0/s1. The van der Waals surface area contributed by atoms with Gasteiger partial charge in [-0.25, -0.2) is 9.78 Å². The minimum Gasteiger partial charge on any atom is -0.480 e. The number of benzene rings is 2. The van der Waals surface area contributed by atoms with Gasteiger partial charge in [0.15, 0.2) is 5.96 Å². The second-order valence-electron chi connectivity index (χ2n) is 17.4. The van der Waals surface area contributed by atoms with Crippen LogP contribution in [0.4, 0.5) is 0 Å². The molecule has 3 rings (SSSR count). The minimum absolute atomic E-state index is 0.0145. The second-order valence-corrected chi connectivity index (χ2v) is 17.4. The van der Waals surface area contributed by atoms with E-state index in [2.05, 4.69) is 57.5 Å². The number of aliphatic hydroxyl groups is 3. The molecule has 19 N–H and O–H groups in total. The smallest absolute Gasteiger partial charge is 0.326 e. The van der Waals surface area contributed by atoms with Crippen molar-refractivity contribution in [3.05, 3.63) is 90.0 Å². The molecule has 0 unspecified atom stereocenters. The van der Waals surface area contributed by atoms with Gasteiger partial charge in [-0.2, -0.15) is 0 Å². The summed E-state index contributed by atoms with van der Waals surface area (Å²) in [7, 11) is 0. The molecule has 0 radical (unpaired) electrons. The van der Waals surface area contributed by atoms with Crippen LogP contribution in [0.2, 0.25) is 0 Å². The molecule has 0 saturated carbocycles. The SMILES string of the molecule is CC(C)C[C@H](NC(=O)[C@H](CO)NC(=O)CNC(=O)[C@H](CO)NC(=O)[C@H](CCCN=C(N)N)NC(=O)[C@H](Cc1ccccc1)NC(=O)[C@H](Cc1cnc[nH]1)NC(=O)[C@H](Cc1ccccc1)NC(=O)[C@@H](N)CO)C(=O)O. The summed E-state index contributed by atoms with van der Waals surface area (Å²) >= 11 is 0. The third-order valence-corrected chi connectivity index (χ3v) is 10.9. The van der Waals surface area contributed by atoms with Gasteiger partial charge < -0.3 is 85.1 Å². The third-order valence-electron chi connectivity index (χ3n) is 10.9. The number of aliphatic hydroxyl groups excluding tert-OH is 3. The van der Waals surface area contributed by atoms with E-state index in [0.29, 0.717) is 16.8 Å². The van der Waals surface area contributed by atoms with Crippen LogP contribution in [0.1, 0.15) is 49.9 Å². The summed E-state index contributed by atoms with van der Waals surface area (Å²) in [4.78, 5) is 131. The summed E-state index contributed by atoms with van der Waals surface area (Å²) in [5, 5.41) is 58.3. The number of carbonyl (C=O) groups excluding carboxylic acids is 8. The summed E-state index contributed by atoms with van der Waals surface area (Å²) in [6.45, 7) is -0.0317. The van der Waals surface area contributed by atoms with Gasteiger partial charge in [-0.05, 0) is 36.3 Å². The fourth-order valence-corrected chi connectivity index (χ4v) is 7.06. The van der Waals surface area contributed by atoms with Crippen molar-refractivity contribution in [2.24, 2.45) is 28.1 Å². The number of carboxylic acids is 1. The molecule has 404 valence electrons. The zero-order chi connectivity index (χ0) is 54.7. The number of carbonyl (C=O) groups is 9. The van der Waals surface area contributed by atoms with Crippen LogP contribution in [-0.2, 0) is 62.4 Å². The molecule has 8 atom stereocenters. The molecule has 0 saturated heterocycles. The van der Waals surface area contributed by atoms with Gasteiger partial charge in [0.25, 0.3) is 0 Å². The minimum atomic E-state index is -1.72. The molecule has 0 aliphatic rings. The molecule has 8 amide bonds. The van der Waals surface area contributed by atoms with Crippen LogP contribution in [0, 0.1) is 5.92 Å². The number of amides is 8. The number of nitrogens with zero attached hydrogens (tertiary/aromatic N) is 2. The van der Waals surface area contributed by atoms with Crippen LogP contribution in [-0.4, -0.2) is 171 Å². The molecular formula is C47H68N14O13. The topological polar surface area (TPSA) is 450 Å². The molecule has 0 spiro atoms. The molecule has 27 nitrogen and oxygen atoms in total. The highest BCUT2D eigenvalue weighted by atomic mass is 16.4. The first-order valence-electron chi connectivity index (χ1n) is 23.6. The van der Waals surface area contributed by atoms with Crippen molar-refractivity contribution in [1.29, 1.82) is 0 Å². The van der Waals surface area contributed by atoms with Crippen LogP contribution < -0.4 is 59.7 Å². The van der Waals surface area contributed by atoms with Gasteiger partial charge in [-0.1, -0.05) is 74.5 Å². The van der Waals surface area contributed by atoms with Crippen molar-refractivity contribution in [2.45, 2.75) is 101 Å². The summed E-state index contributed by atoms with van der Waals surface area (Å²) in [5.74, 6) is -9.26. The first kappa shape index (κ1) is 60.3. The van der Waals surface area contributed by atoms with E-state index in [1.807, 2.05) is 0 Å². The Balaban J connectivity index is 1.86. The lowest BCUT2D eigenvalue weighted by molar-refractivity contribution is -0.143. The number of nitrogens with one attached hydrogen (secondary N) is 9. The number of aliphatic carboxylic acids is 1. The molecule has 0 bridgehead atoms. The average molecular weight is 1040 g/mol. The lowest BCUT2D eigenvalue weighted by Crippen LogP contribution is -2.61.